The summed E-state index contributed by atoms with van der Waals surface area (Å²) in [5.74, 6) is -2.12. The van der Waals surface area contributed by atoms with Gasteiger partial charge in [0, 0.05) is 123 Å². The highest BCUT2D eigenvalue weighted by atomic mass is 35.5. The van der Waals surface area contributed by atoms with Crippen molar-refractivity contribution in [2.24, 2.45) is 35.3 Å². The number of aliphatic hydroxyl groups is 4. The van der Waals surface area contributed by atoms with Gasteiger partial charge in [0.25, 0.3) is 28.5 Å². The van der Waals surface area contributed by atoms with Crippen molar-refractivity contribution in [3.8, 4) is 0 Å². The number of carbonyl (C=O) groups is 9. The van der Waals surface area contributed by atoms with E-state index in [2.05, 4.69) is 51.8 Å². The van der Waals surface area contributed by atoms with Gasteiger partial charge in [0.2, 0.25) is 11.8 Å². The largest absolute Gasteiger partial charge is 0.461 e. The standard InChI is InChI=1S/C24H31BN4O7S.C24H30N4O7.C19H24BN3O5S.C10H17N3O3.C10H14N2O4.C8H7ClO2/c1-15-11-18(13-35-37-14-25)36-23(15)29-10-9-19(28-24(29)33)27-22(32)17-5-3-16(4-6-17)12-34-21(31)8-7-20(30)26-2;1-15-12-18(14-33-3)35-23(15)28-11-10-19(27-24(28)32)26-22(31)17-6-4-16(5-7-17)13-34-21(30)9-8-20(29)25-2;1-12-8-15(10-27-29-11-20)28-18(12)23-7-6-16(22-19(23)26)21-17(25)14-4-2-13(9-24)3-5-14;1-6-4-7(5-14)16-9(6)13-3-2-8(11)12-10(13)15;1-6-4-7(5-13)16-9(6)12-3-2-8(14)11-10(12)15;9-8(11)7-3-1-6(5-10)2-4-7/h3-6,9-10,15,18,23H,7-8,11-14,25H2,1-2H3,(H,26,30)(H,27,28,32,33);4-7,10-11,15,18,23H,8-9,12-14H2,1-3H3,(H,25,29)(H,26,27,31,32);2-7,12,15,18,24H,8-11,20H2,1H3,(H,21,22,25,26);2-3,6-9,14H,4-5,11H2,1H3,(H,12,15);2-3,6-7,9,13H,4-5H2,1H3,(H,11,14,15);1-4,10H,5H2/t2*15-,18+,23-;12-,15+,18-;6-,7+,8?,9-;6-,7+,9-;/m11111./s1/i25TD;3TD;20TD;;;/tm;3?,15-,18+,23-;2m;;. The number of aliphatic hydroxyl groups excluding tert-OH is 4. The zero-order chi connectivity index (χ0) is 109. The maximum atomic E-state index is 12.7. The highest BCUT2D eigenvalue weighted by Crippen LogP contribution is 2.38. The van der Waals surface area contributed by atoms with Crippen molar-refractivity contribution in [1.29, 1.82) is 5.34 Å². The van der Waals surface area contributed by atoms with Crippen LogP contribution in [-0.4, -0.2) is 246 Å². The van der Waals surface area contributed by atoms with Crippen molar-refractivity contribution in [2.75, 3.05) is 81.4 Å². The number of nitrogens with one attached hydrogen (secondary N) is 7. The molecule has 0 saturated carbocycles. The van der Waals surface area contributed by atoms with Crippen molar-refractivity contribution in [2.45, 2.75) is 187 Å². The molecule has 0 aliphatic carbocycles. The van der Waals surface area contributed by atoms with Gasteiger partial charge in [0.05, 0.1) is 98.5 Å². The molecule has 4 aromatic carbocycles. The van der Waals surface area contributed by atoms with E-state index in [0.717, 1.165) is 36.1 Å². The number of aromatic amines is 1. The number of aromatic nitrogens is 8. The molecular weight excluding hydrogens is 1930 g/mol. The van der Waals surface area contributed by atoms with Gasteiger partial charge in [0.15, 0.2) is 0 Å². The van der Waals surface area contributed by atoms with Gasteiger partial charge in [0.1, 0.15) is 77.4 Å². The number of nitrogens with zero attached hydrogens (tertiary/aromatic N) is 8. The first-order valence-corrected chi connectivity index (χ1v) is 48.0. The smallest absolute Gasteiger partial charge is 0.351 e. The summed E-state index contributed by atoms with van der Waals surface area (Å²) < 4.78 is 103. The number of halogens is 1. The molecular formula is C95H123B2ClN16O28S2. The Morgan fingerprint density at radius 3 is 1.19 bits per heavy atom. The van der Waals surface area contributed by atoms with Crippen molar-refractivity contribution in [3.63, 3.8) is 0 Å². The third-order valence-corrected chi connectivity index (χ3v) is 23.9. The highest BCUT2D eigenvalue weighted by Gasteiger charge is 2.41. The van der Waals surface area contributed by atoms with Gasteiger partial charge in [-0.05, 0) is 179 Å². The third kappa shape index (κ3) is 35.6. The van der Waals surface area contributed by atoms with Crippen LogP contribution in [-0.2, 0) is 91.9 Å². The van der Waals surface area contributed by atoms with Crippen LogP contribution in [0.25, 0.3) is 0 Å². The molecule has 5 fully saturated rings. The number of esters is 2. The maximum absolute atomic E-state index is 12.7. The Morgan fingerprint density at radius 2 is 0.847 bits per heavy atom. The van der Waals surface area contributed by atoms with Crippen molar-refractivity contribution >= 4 is 121 Å². The monoisotopic (exact) mass is 2070 g/mol. The number of benzene rings is 4. The van der Waals surface area contributed by atoms with E-state index in [0.29, 0.717) is 71.2 Å². The van der Waals surface area contributed by atoms with Crippen molar-refractivity contribution < 1.29 is 113 Å². The van der Waals surface area contributed by atoms with E-state index in [4.69, 9.17) is 92.1 Å². The number of ether oxygens (including phenoxy) is 8. The molecule has 10 heterocycles. The number of nitrogens with two attached hydrogens (primary N) is 1. The lowest BCUT2D eigenvalue weighted by Crippen LogP contribution is -2.53. The molecule has 5 saturated heterocycles. The van der Waals surface area contributed by atoms with Crippen molar-refractivity contribution in [3.05, 3.63) is 255 Å². The van der Waals surface area contributed by atoms with Crippen LogP contribution in [0, 0.1) is 29.6 Å². The SMILES string of the molecule is C[C@@H]1C[C@@H](CO)O[C@H]1N1C=CC(N)NC1=O.C[C@@H]1C[C@@H](CO)O[C@H]1n1ccc(=O)[nH]c1=O.O=C(Cl)c1ccc(CO)cc1.[2H]B([3H])CSOC[C@@H]1C[C@@H](C)[C@H](n2ccc(NC(=O)c3ccc(CO)cc3)nc2=O)O1.[2H]B([3H])CSOC[C@@H]1C[C@@H](C)[C@H](n2ccc(NC(=O)c3ccc(COC(=O)CCC(=O)NC)cc3)nc2=O)O1.[2H]C([3H])OC[C@@H]1C[C@@H](C)[C@H](n2ccc(NC(=O)c3ccc(COC(=O)CCC(=O)NC)cc3)nc2=O)O1. The molecule has 13 N–H and O–H groups in total. The molecule has 44 nitrogen and oxygen atoms in total. The number of rotatable bonds is 38. The quantitative estimate of drug-likeness (QED) is 0.00826. The average Bonchev–Trinajstić information content (AvgIpc) is 1.45. The molecule has 0 radical (unpaired) electrons. The van der Waals surface area contributed by atoms with Crippen molar-refractivity contribution in [1.82, 2.24) is 59.1 Å². The van der Waals surface area contributed by atoms with E-state index < -0.39 is 117 Å². The molecule has 0 bridgehead atoms. The number of hydrogen-bond acceptors (Lipinski definition) is 34. The predicted molar refractivity (Wildman–Crippen MR) is 535 cm³/mol. The van der Waals surface area contributed by atoms with Crippen LogP contribution in [0.4, 0.5) is 22.2 Å². The first kappa shape index (κ1) is 106. The molecule has 776 valence electrons. The normalized spacial score (nSPS) is 22.9. The Kier molecular flexibility index (Phi) is 43.2. The lowest BCUT2D eigenvalue weighted by molar-refractivity contribution is -0.146. The molecule has 2 unspecified atom stereocenters. The van der Waals surface area contributed by atoms with E-state index in [1.54, 1.807) is 122 Å². The highest BCUT2D eigenvalue weighted by molar-refractivity contribution is 7.95. The summed E-state index contributed by atoms with van der Waals surface area (Å²) >= 11 is 7.32. The molecule has 17 atom stereocenters. The molecule has 14 rings (SSSR count). The first-order valence-electron chi connectivity index (χ1n) is 49.3. The molecule has 7 amide bonds. The molecule has 8 aromatic rings. The van der Waals surface area contributed by atoms with Crippen LogP contribution < -0.4 is 66.0 Å². The van der Waals surface area contributed by atoms with Crippen LogP contribution in [0.2, 0.25) is 0 Å². The summed E-state index contributed by atoms with van der Waals surface area (Å²) in [6.07, 6.45) is 8.87. The Balaban J connectivity index is 0.000000209. The maximum Gasteiger partial charge on any atom is 0.351 e. The van der Waals surface area contributed by atoms with Crippen LogP contribution >= 0.6 is 35.7 Å². The second-order valence-corrected chi connectivity index (χ2v) is 35.8. The first-order chi connectivity index (χ1) is 71.6. The van der Waals surface area contributed by atoms with E-state index in [9.17, 15) is 67.1 Å². The number of hydrogen-bond donors (Lipinski definition) is 12. The van der Waals surface area contributed by atoms with E-state index >= 15 is 0 Å². The third-order valence-electron chi connectivity index (χ3n) is 22.8. The summed E-state index contributed by atoms with van der Waals surface area (Å²) in [7, 11) is -0.313. The predicted octanol–water partition coefficient (Wildman–Crippen LogP) is 4.61. The van der Waals surface area contributed by atoms with Gasteiger partial charge >= 0.3 is 40.7 Å². The summed E-state index contributed by atoms with van der Waals surface area (Å²) in [6, 6.07) is 31.3. The summed E-state index contributed by atoms with van der Waals surface area (Å²) in [6.45, 7) is 10.3. The minimum absolute atomic E-state index is 0.00963. The second kappa shape index (κ2) is 58.7. The van der Waals surface area contributed by atoms with Gasteiger partial charge in [-0.15, -0.1) is 0 Å². The fourth-order valence-corrected chi connectivity index (χ4v) is 16.2. The van der Waals surface area contributed by atoms with Crippen LogP contribution in [0.15, 0.2) is 182 Å². The molecule has 144 heavy (non-hydrogen) atoms. The van der Waals surface area contributed by atoms with E-state index in [-0.39, 0.29) is 191 Å². The minimum atomic E-state index is -1.40. The number of carbonyl (C=O) groups excluding carboxylic acids is 9. The summed E-state index contributed by atoms with van der Waals surface area (Å²) in [5, 5.41) is 50.5. The van der Waals surface area contributed by atoms with Gasteiger partial charge in [-0.25, -0.2) is 24.0 Å². The van der Waals surface area contributed by atoms with Gasteiger partial charge in [-0.2, -0.15) is 15.0 Å². The average molecular weight is 2070 g/mol. The van der Waals surface area contributed by atoms with Gasteiger partial charge < -0.3 is 104 Å². The van der Waals surface area contributed by atoms with Crippen LogP contribution in [0.5, 0.6) is 0 Å². The lowest BCUT2D eigenvalue weighted by Gasteiger charge is -2.32. The number of H-pyrrole nitrogens is 1. The fourth-order valence-electron chi connectivity index (χ4n) is 15.4. The number of methoxy groups -OCH3 is 1. The van der Waals surface area contributed by atoms with Gasteiger partial charge in [-0.3, -0.25) is 71.3 Å². The second-order valence-electron chi connectivity index (χ2n) is 33.8. The Labute approximate surface area is 852 Å². The van der Waals surface area contributed by atoms with E-state index in [1.807, 2.05) is 34.6 Å². The molecule has 0 spiro atoms. The summed E-state index contributed by atoms with van der Waals surface area (Å²) in [4.78, 5) is 181. The van der Waals surface area contributed by atoms with Gasteiger partial charge in [-0.1, -0.05) is 83.1 Å². The Morgan fingerprint density at radius 1 is 0.500 bits per heavy atom. The zero-order valence-corrected chi connectivity index (χ0v) is 82.4. The number of anilines is 3. The molecule has 6 aliphatic heterocycles. The Hall–Kier alpha value is -12.2. The Bertz CT molecular complexity index is 6130. The fraction of sp³-hybridized carbons (Fsp3) is 0.463. The zero-order valence-electron chi connectivity index (χ0n) is 86.1. The van der Waals surface area contributed by atoms with Crippen LogP contribution in [0.1, 0.15) is 184 Å². The molecule has 6 aliphatic rings. The molecule has 49 heteroatoms. The topological polar surface area (TPSA) is 588 Å². The molecule has 4 aromatic heterocycles. The number of urea groups is 1. The lowest BCUT2D eigenvalue weighted by atomic mass is 10.1. The van der Waals surface area contributed by atoms with E-state index in [1.165, 1.54) is 74.1 Å². The number of amides is 7. The van der Waals surface area contributed by atoms with Crippen LogP contribution in [0.3, 0.4) is 0 Å². The summed E-state index contributed by atoms with van der Waals surface area (Å²) in [5.41, 5.74) is 7.72. The minimum Gasteiger partial charge on any atom is -0.461 e.